The van der Waals surface area contributed by atoms with Gasteiger partial charge in [-0.2, -0.15) is 0 Å². The van der Waals surface area contributed by atoms with Gasteiger partial charge in [-0.1, -0.05) is 37.3 Å². The third-order valence-electron chi connectivity index (χ3n) is 4.03. The molecule has 3 rings (SSSR count). The molecule has 4 nitrogen and oxygen atoms in total. The summed E-state index contributed by atoms with van der Waals surface area (Å²) in [5, 5.41) is 5.71. The lowest BCUT2D eigenvalue weighted by Crippen LogP contribution is -2.13. The fourth-order valence-corrected chi connectivity index (χ4v) is 2.57. The first-order valence-corrected chi connectivity index (χ1v) is 8.52. The molecule has 0 fully saturated rings. The molecule has 0 radical (unpaired) electrons. The molecule has 26 heavy (non-hydrogen) atoms. The number of hydrogen-bond donors (Lipinski definition) is 2. The van der Waals surface area contributed by atoms with E-state index in [0.717, 1.165) is 12.1 Å². The number of nitrogens with one attached hydrogen (secondary N) is 2. The van der Waals surface area contributed by atoms with Crippen LogP contribution in [-0.2, 0) is 6.42 Å². The second-order valence-electron chi connectivity index (χ2n) is 5.91. The molecule has 0 atom stereocenters. The minimum absolute atomic E-state index is 0.181. The molecule has 3 aromatic rings. The topological polar surface area (TPSA) is 58.2 Å². The van der Waals surface area contributed by atoms with Crippen LogP contribution in [0.3, 0.4) is 0 Å². The molecule has 0 aliphatic rings. The van der Waals surface area contributed by atoms with Crippen LogP contribution in [0.1, 0.15) is 33.2 Å². The summed E-state index contributed by atoms with van der Waals surface area (Å²) in [5.41, 5.74) is 3.70. The number of carbonyl (C=O) groups is 2. The molecule has 2 N–H and O–H groups in total. The van der Waals surface area contributed by atoms with E-state index in [-0.39, 0.29) is 11.8 Å². The van der Waals surface area contributed by atoms with E-state index in [1.54, 1.807) is 36.4 Å². The van der Waals surface area contributed by atoms with E-state index in [9.17, 15) is 9.59 Å². The fourth-order valence-electron chi connectivity index (χ4n) is 2.57. The molecule has 3 aromatic carbocycles. The van der Waals surface area contributed by atoms with Crippen molar-refractivity contribution in [2.75, 3.05) is 10.6 Å². The van der Waals surface area contributed by atoms with Crippen LogP contribution in [0.4, 0.5) is 11.4 Å². The summed E-state index contributed by atoms with van der Waals surface area (Å²) in [7, 11) is 0. The molecule has 0 unspecified atom stereocenters. The van der Waals surface area contributed by atoms with E-state index in [2.05, 4.69) is 17.6 Å². The highest BCUT2D eigenvalue weighted by Gasteiger charge is 2.08. The molecule has 0 aliphatic heterocycles. The molecule has 0 aliphatic carbocycles. The maximum atomic E-state index is 12.4. The first-order valence-electron chi connectivity index (χ1n) is 8.52. The Kier molecular flexibility index (Phi) is 5.44. The second-order valence-corrected chi connectivity index (χ2v) is 5.91. The van der Waals surface area contributed by atoms with Gasteiger partial charge in [0.1, 0.15) is 0 Å². The van der Waals surface area contributed by atoms with Gasteiger partial charge in [0.25, 0.3) is 11.8 Å². The van der Waals surface area contributed by atoms with Crippen LogP contribution in [0, 0.1) is 0 Å². The van der Waals surface area contributed by atoms with E-state index >= 15 is 0 Å². The quantitative estimate of drug-likeness (QED) is 0.701. The molecule has 0 saturated heterocycles. The Labute approximate surface area is 152 Å². The molecule has 0 bridgehead atoms. The van der Waals surface area contributed by atoms with Crippen molar-refractivity contribution >= 4 is 23.2 Å². The smallest absolute Gasteiger partial charge is 0.255 e. The van der Waals surface area contributed by atoms with E-state index in [1.807, 2.05) is 42.5 Å². The maximum Gasteiger partial charge on any atom is 0.255 e. The SMILES string of the molecule is CCc1cccc(NC(=O)c2ccc(NC(=O)c3ccccc3)cc2)c1. The van der Waals surface area contributed by atoms with Crippen LogP contribution in [0.2, 0.25) is 0 Å². The first-order chi connectivity index (χ1) is 12.7. The summed E-state index contributed by atoms with van der Waals surface area (Å²) in [6.45, 7) is 2.07. The zero-order chi connectivity index (χ0) is 18.4. The van der Waals surface area contributed by atoms with Crippen LogP contribution in [-0.4, -0.2) is 11.8 Å². The largest absolute Gasteiger partial charge is 0.322 e. The fraction of sp³-hybridized carbons (Fsp3) is 0.0909. The average molecular weight is 344 g/mol. The van der Waals surface area contributed by atoms with Gasteiger partial charge in [-0.3, -0.25) is 9.59 Å². The summed E-state index contributed by atoms with van der Waals surface area (Å²) >= 11 is 0. The lowest BCUT2D eigenvalue weighted by atomic mass is 10.1. The Bertz CT molecular complexity index is 903. The highest BCUT2D eigenvalue weighted by atomic mass is 16.2. The second kappa shape index (κ2) is 8.12. The molecule has 2 amide bonds. The zero-order valence-corrected chi connectivity index (χ0v) is 14.5. The lowest BCUT2D eigenvalue weighted by molar-refractivity contribution is 0.102. The third-order valence-corrected chi connectivity index (χ3v) is 4.03. The maximum absolute atomic E-state index is 12.4. The average Bonchev–Trinajstić information content (AvgIpc) is 2.69. The Morgan fingerprint density at radius 2 is 1.31 bits per heavy atom. The Balaban J connectivity index is 1.65. The van der Waals surface area contributed by atoms with Crippen molar-refractivity contribution in [3.8, 4) is 0 Å². The number of hydrogen-bond acceptors (Lipinski definition) is 2. The van der Waals surface area contributed by atoms with E-state index in [4.69, 9.17) is 0 Å². The number of anilines is 2. The highest BCUT2D eigenvalue weighted by molar-refractivity contribution is 6.06. The van der Waals surface area contributed by atoms with Crippen molar-refractivity contribution in [1.29, 1.82) is 0 Å². The minimum atomic E-state index is -0.181. The molecule has 0 saturated carbocycles. The summed E-state index contributed by atoms with van der Waals surface area (Å²) in [6, 6.07) is 23.6. The van der Waals surface area contributed by atoms with E-state index in [0.29, 0.717) is 16.8 Å². The summed E-state index contributed by atoms with van der Waals surface area (Å²) in [4.78, 5) is 24.5. The highest BCUT2D eigenvalue weighted by Crippen LogP contribution is 2.15. The molecular formula is C22H20N2O2. The zero-order valence-electron chi connectivity index (χ0n) is 14.5. The summed E-state index contributed by atoms with van der Waals surface area (Å²) in [6.07, 6.45) is 0.916. The Morgan fingerprint density at radius 3 is 1.96 bits per heavy atom. The van der Waals surface area contributed by atoms with Crippen LogP contribution in [0.5, 0.6) is 0 Å². The lowest BCUT2D eigenvalue weighted by Gasteiger charge is -2.08. The standard InChI is InChI=1S/C22H20N2O2/c1-2-16-7-6-10-20(15-16)24-22(26)18-11-13-19(14-12-18)23-21(25)17-8-4-3-5-9-17/h3-15H,2H2,1H3,(H,23,25)(H,24,26). The predicted molar refractivity (Wildman–Crippen MR) is 105 cm³/mol. The number of aryl methyl sites for hydroxylation is 1. The monoisotopic (exact) mass is 344 g/mol. The van der Waals surface area contributed by atoms with Gasteiger partial charge in [-0.15, -0.1) is 0 Å². The van der Waals surface area contributed by atoms with E-state index < -0.39 is 0 Å². The molecule has 130 valence electrons. The van der Waals surface area contributed by atoms with Crippen LogP contribution >= 0.6 is 0 Å². The number of amides is 2. The number of benzene rings is 3. The Hall–Kier alpha value is -3.40. The molecule has 0 spiro atoms. The predicted octanol–water partition coefficient (Wildman–Crippen LogP) is 4.75. The van der Waals surface area contributed by atoms with Gasteiger partial charge in [0.05, 0.1) is 0 Å². The van der Waals surface area contributed by atoms with Gasteiger partial charge in [-0.05, 0) is 60.5 Å². The number of rotatable bonds is 5. The van der Waals surface area contributed by atoms with Gasteiger partial charge in [0, 0.05) is 22.5 Å². The van der Waals surface area contributed by atoms with E-state index in [1.165, 1.54) is 5.56 Å². The van der Waals surface area contributed by atoms with Crippen LogP contribution < -0.4 is 10.6 Å². The molecular weight excluding hydrogens is 324 g/mol. The van der Waals surface area contributed by atoms with Gasteiger partial charge in [0.15, 0.2) is 0 Å². The molecule has 0 aromatic heterocycles. The minimum Gasteiger partial charge on any atom is -0.322 e. The van der Waals surface area contributed by atoms with Crippen molar-refractivity contribution in [2.45, 2.75) is 13.3 Å². The Morgan fingerprint density at radius 1 is 0.692 bits per heavy atom. The third kappa shape index (κ3) is 4.36. The molecule has 4 heteroatoms. The van der Waals surface area contributed by atoms with Crippen LogP contribution in [0.25, 0.3) is 0 Å². The van der Waals surface area contributed by atoms with Crippen molar-refractivity contribution < 1.29 is 9.59 Å². The van der Waals surface area contributed by atoms with Gasteiger partial charge >= 0.3 is 0 Å². The summed E-state index contributed by atoms with van der Waals surface area (Å²) in [5.74, 6) is -0.363. The summed E-state index contributed by atoms with van der Waals surface area (Å²) < 4.78 is 0. The van der Waals surface area contributed by atoms with Crippen molar-refractivity contribution in [3.63, 3.8) is 0 Å². The van der Waals surface area contributed by atoms with Crippen molar-refractivity contribution in [2.24, 2.45) is 0 Å². The molecule has 0 heterocycles. The van der Waals surface area contributed by atoms with Gasteiger partial charge in [-0.25, -0.2) is 0 Å². The van der Waals surface area contributed by atoms with Crippen molar-refractivity contribution in [1.82, 2.24) is 0 Å². The van der Waals surface area contributed by atoms with Crippen LogP contribution in [0.15, 0.2) is 78.9 Å². The first kappa shape index (κ1) is 17.4. The van der Waals surface area contributed by atoms with Crippen molar-refractivity contribution in [3.05, 3.63) is 95.6 Å². The van der Waals surface area contributed by atoms with Gasteiger partial charge in [0.2, 0.25) is 0 Å². The normalized spacial score (nSPS) is 10.2. The van der Waals surface area contributed by atoms with Gasteiger partial charge < -0.3 is 10.6 Å². The number of carbonyl (C=O) groups excluding carboxylic acids is 2.